The quantitative estimate of drug-likeness (QED) is 0.830. The summed E-state index contributed by atoms with van der Waals surface area (Å²) in [5.41, 5.74) is 0.933. The number of aliphatic hydroxyl groups is 1. The third-order valence-corrected chi connectivity index (χ3v) is 4.13. The number of aliphatic hydroxyl groups excluding tert-OH is 1. The lowest BCUT2D eigenvalue weighted by molar-refractivity contribution is 0.176. The first kappa shape index (κ1) is 15.4. The van der Waals surface area contributed by atoms with Gasteiger partial charge in [0.2, 0.25) is 10.0 Å². The van der Waals surface area contributed by atoms with Gasteiger partial charge in [0.25, 0.3) is 0 Å². The highest BCUT2D eigenvalue weighted by Gasteiger charge is 2.31. The van der Waals surface area contributed by atoms with Crippen LogP contribution >= 0.6 is 0 Å². The van der Waals surface area contributed by atoms with E-state index in [1.807, 2.05) is 4.90 Å². The molecule has 1 aliphatic rings. The average Bonchev–Trinajstić information content (AvgIpc) is 2.70. The maximum atomic E-state index is 12.9. The zero-order valence-electron chi connectivity index (χ0n) is 11.3. The van der Waals surface area contributed by atoms with Gasteiger partial charge in [-0.1, -0.05) is 12.1 Å². The van der Waals surface area contributed by atoms with E-state index in [1.165, 1.54) is 12.1 Å². The molecule has 0 aliphatic carbocycles. The van der Waals surface area contributed by atoms with Crippen LogP contribution < -0.4 is 4.72 Å². The fourth-order valence-corrected chi connectivity index (χ4v) is 2.99. The molecule has 2 rings (SSSR count). The fraction of sp³-hybridized carbons (Fsp3) is 0.538. The Morgan fingerprint density at radius 2 is 2.05 bits per heavy atom. The van der Waals surface area contributed by atoms with Gasteiger partial charge in [-0.15, -0.1) is 0 Å². The van der Waals surface area contributed by atoms with Crippen molar-refractivity contribution >= 4 is 10.0 Å². The minimum absolute atomic E-state index is 0.00744. The summed E-state index contributed by atoms with van der Waals surface area (Å²) in [6, 6.07) is 6.19. The zero-order chi connectivity index (χ0) is 14.8. The van der Waals surface area contributed by atoms with Gasteiger partial charge in [0.15, 0.2) is 0 Å². The number of hydrogen-bond donors (Lipinski definition) is 2. The predicted octanol–water partition coefficient (Wildman–Crippen LogP) is 0.483. The van der Waals surface area contributed by atoms with Gasteiger partial charge in [-0.2, -0.15) is 0 Å². The molecule has 1 aromatic rings. The van der Waals surface area contributed by atoms with Crippen molar-refractivity contribution in [3.63, 3.8) is 0 Å². The molecule has 0 aromatic heterocycles. The summed E-state index contributed by atoms with van der Waals surface area (Å²) in [5.74, 6) is -0.294. The van der Waals surface area contributed by atoms with E-state index in [0.29, 0.717) is 26.1 Å². The fourth-order valence-electron chi connectivity index (χ4n) is 2.53. The molecule has 1 aromatic carbocycles. The van der Waals surface area contributed by atoms with Crippen molar-refractivity contribution in [3.05, 3.63) is 35.6 Å². The molecule has 5 nitrogen and oxygen atoms in total. The number of rotatable bonds is 5. The standard InChI is InChI=1S/C13H19FN2O3S/c1-20(18,19)15-6-7-16-9-12(17)8-13(16)10-2-4-11(14)5-3-10/h2-5,12-13,15,17H,6-9H2,1H3/t12-,13+/m0/s1. The Bertz CT molecular complexity index is 547. The van der Waals surface area contributed by atoms with Gasteiger partial charge in [0, 0.05) is 25.7 Å². The summed E-state index contributed by atoms with van der Waals surface area (Å²) in [6.45, 7) is 1.29. The second-order valence-corrected chi connectivity index (χ2v) is 6.95. The summed E-state index contributed by atoms with van der Waals surface area (Å²) in [5, 5.41) is 9.79. The molecule has 0 unspecified atom stereocenters. The third-order valence-electron chi connectivity index (χ3n) is 3.40. The van der Waals surface area contributed by atoms with E-state index < -0.39 is 16.1 Å². The van der Waals surface area contributed by atoms with Gasteiger partial charge in [-0.25, -0.2) is 17.5 Å². The van der Waals surface area contributed by atoms with Crippen LogP contribution in [0.4, 0.5) is 4.39 Å². The normalized spacial score (nSPS) is 24.1. The Hall–Kier alpha value is -1.02. The van der Waals surface area contributed by atoms with Gasteiger partial charge in [-0.3, -0.25) is 4.90 Å². The third kappa shape index (κ3) is 4.24. The lowest BCUT2D eigenvalue weighted by atomic mass is 10.0. The highest BCUT2D eigenvalue weighted by Crippen LogP contribution is 2.31. The zero-order valence-corrected chi connectivity index (χ0v) is 12.1. The minimum Gasteiger partial charge on any atom is -0.392 e. The molecule has 0 spiro atoms. The van der Waals surface area contributed by atoms with E-state index >= 15 is 0 Å². The summed E-state index contributed by atoms with van der Waals surface area (Å²) in [4.78, 5) is 2.01. The van der Waals surface area contributed by atoms with Crippen LogP contribution in [0.5, 0.6) is 0 Å². The van der Waals surface area contributed by atoms with Crippen molar-refractivity contribution < 1.29 is 17.9 Å². The van der Waals surface area contributed by atoms with E-state index in [9.17, 15) is 17.9 Å². The van der Waals surface area contributed by atoms with E-state index in [-0.39, 0.29) is 11.9 Å². The smallest absolute Gasteiger partial charge is 0.208 e. The Morgan fingerprint density at radius 1 is 1.40 bits per heavy atom. The Labute approximate surface area is 118 Å². The summed E-state index contributed by atoms with van der Waals surface area (Å²) in [6.07, 6.45) is 1.25. The Kier molecular flexibility index (Phi) is 4.74. The SMILES string of the molecule is CS(=O)(=O)NCCN1C[C@@H](O)C[C@@H]1c1ccc(F)cc1. The number of sulfonamides is 1. The highest BCUT2D eigenvalue weighted by molar-refractivity contribution is 7.88. The number of nitrogens with one attached hydrogen (secondary N) is 1. The first-order chi connectivity index (χ1) is 9.35. The second-order valence-electron chi connectivity index (χ2n) is 5.12. The monoisotopic (exact) mass is 302 g/mol. The van der Waals surface area contributed by atoms with E-state index in [0.717, 1.165) is 11.8 Å². The van der Waals surface area contributed by atoms with Crippen molar-refractivity contribution in [1.29, 1.82) is 0 Å². The molecule has 1 heterocycles. The molecule has 0 radical (unpaired) electrons. The first-order valence-corrected chi connectivity index (χ1v) is 8.36. The number of likely N-dealkylation sites (tertiary alicyclic amines) is 1. The number of benzene rings is 1. The Morgan fingerprint density at radius 3 is 2.65 bits per heavy atom. The maximum Gasteiger partial charge on any atom is 0.208 e. The molecule has 1 fully saturated rings. The van der Waals surface area contributed by atoms with Gasteiger partial charge in [0.1, 0.15) is 5.82 Å². The summed E-state index contributed by atoms with van der Waals surface area (Å²) < 4.78 is 37.5. The number of hydrogen-bond acceptors (Lipinski definition) is 4. The number of β-amino-alcohol motifs (C(OH)–C–C–N with tert-alkyl or cyclic N) is 1. The summed E-state index contributed by atoms with van der Waals surface area (Å²) in [7, 11) is -3.21. The molecule has 1 saturated heterocycles. The van der Waals surface area contributed by atoms with Crippen LogP contribution in [0.15, 0.2) is 24.3 Å². The van der Waals surface area contributed by atoms with E-state index in [2.05, 4.69) is 4.72 Å². The molecule has 2 atom stereocenters. The lowest BCUT2D eigenvalue weighted by Gasteiger charge is -2.24. The van der Waals surface area contributed by atoms with Gasteiger partial charge in [-0.05, 0) is 24.1 Å². The first-order valence-electron chi connectivity index (χ1n) is 6.47. The van der Waals surface area contributed by atoms with E-state index in [4.69, 9.17) is 0 Å². The van der Waals surface area contributed by atoms with Crippen molar-refractivity contribution in [2.75, 3.05) is 25.9 Å². The molecule has 20 heavy (non-hydrogen) atoms. The molecule has 0 bridgehead atoms. The molecule has 0 saturated carbocycles. The summed E-state index contributed by atoms with van der Waals surface area (Å²) >= 11 is 0. The predicted molar refractivity (Wildman–Crippen MR) is 74.2 cm³/mol. The molecular weight excluding hydrogens is 283 g/mol. The van der Waals surface area contributed by atoms with Crippen LogP contribution in [-0.4, -0.2) is 50.4 Å². The number of nitrogens with zero attached hydrogens (tertiary/aromatic N) is 1. The van der Waals surface area contributed by atoms with Gasteiger partial charge < -0.3 is 5.11 Å². The molecule has 2 N–H and O–H groups in total. The largest absolute Gasteiger partial charge is 0.392 e. The molecule has 7 heteroatoms. The van der Waals surface area contributed by atoms with Crippen LogP contribution in [0, 0.1) is 5.82 Å². The van der Waals surface area contributed by atoms with Gasteiger partial charge >= 0.3 is 0 Å². The molecule has 1 aliphatic heterocycles. The second kappa shape index (κ2) is 6.17. The molecular formula is C13H19FN2O3S. The van der Waals surface area contributed by atoms with Crippen LogP contribution in [0.25, 0.3) is 0 Å². The van der Waals surface area contributed by atoms with Crippen LogP contribution in [0.2, 0.25) is 0 Å². The molecule has 112 valence electrons. The average molecular weight is 302 g/mol. The maximum absolute atomic E-state index is 12.9. The topological polar surface area (TPSA) is 69.6 Å². The van der Waals surface area contributed by atoms with Crippen molar-refractivity contribution in [1.82, 2.24) is 9.62 Å². The van der Waals surface area contributed by atoms with Crippen molar-refractivity contribution in [2.45, 2.75) is 18.6 Å². The van der Waals surface area contributed by atoms with Gasteiger partial charge in [0.05, 0.1) is 12.4 Å². The van der Waals surface area contributed by atoms with Crippen molar-refractivity contribution in [2.24, 2.45) is 0 Å². The van der Waals surface area contributed by atoms with Crippen LogP contribution in [0.1, 0.15) is 18.0 Å². The number of halogens is 1. The van der Waals surface area contributed by atoms with Crippen LogP contribution in [0.3, 0.4) is 0 Å². The van der Waals surface area contributed by atoms with Crippen LogP contribution in [-0.2, 0) is 10.0 Å². The highest BCUT2D eigenvalue weighted by atomic mass is 32.2. The van der Waals surface area contributed by atoms with Crippen molar-refractivity contribution in [3.8, 4) is 0 Å². The molecule has 0 amide bonds. The lowest BCUT2D eigenvalue weighted by Crippen LogP contribution is -2.34. The minimum atomic E-state index is -3.21. The Balaban J connectivity index is 2.01. The van der Waals surface area contributed by atoms with E-state index in [1.54, 1.807) is 12.1 Å².